The molecule has 0 heterocycles. The van der Waals surface area contributed by atoms with Crippen molar-refractivity contribution in [2.45, 2.75) is 25.8 Å². The molecule has 0 aromatic heterocycles. The van der Waals surface area contributed by atoms with Crippen molar-refractivity contribution in [3.8, 4) is 5.75 Å². The predicted octanol–water partition coefficient (Wildman–Crippen LogP) is 1.82. The van der Waals surface area contributed by atoms with Crippen LogP contribution in [0.1, 0.15) is 30.5 Å². The van der Waals surface area contributed by atoms with Gasteiger partial charge in [-0.2, -0.15) is 0 Å². The Kier molecular flexibility index (Phi) is 2.62. The summed E-state index contributed by atoms with van der Waals surface area (Å²) in [5.41, 5.74) is 2.51. The Hall–Kier alpha value is -1.51. The number of nitrogens with one attached hydrogen (secondary N) is 1. The lowest BCUT2D eigenvalue weighted by Crippen LogP contribution is -2.24. The second kappa shape index (κ2) is 3.93. The first-order valence-electron chi connectivity index (χ1n) is 5.14. The number of carbonyl (C=O) groups is 1. The van der Waals surface area contributed by atoms with Crippen molar-refractivity contribution in [1.82, 2.24) is 5.32 Å². The van der Waals surface area contributed by atoms with Crippen LogP contribution in [0.3, 0.4) is 0 Å². The first-order valence-corrected chi connectivity index (χ1v) is 5.14. The van der Waals surface area contributed by atoms with Gasteiger partial charge in [-0.3, -0.25) is 4.79 Å². The maximum Gasteiger partial charge on any atom is 0.217 e. The Bertz CT molecular complexity index is 387. The van der Waals surface area contributed by atoms with Crippen LogP contribution in [0.5, 0.6) is 5.75 Å². The van der Waals surface area contributed by atoms with Crippen LogP contribution in [0.2, 0.25) is 0 Å². The molecule has 3 nitrogen and oxygen atoms in total. The molecule has 0 unspecified atom stereocenters. The van der Waals surface area contributed by atoms with E-state index in [1.165, 1.54) is 11.1 Å². The first-order chi connectivity index (χ1) is 7.20. The lowest BCUT2D eigenvalue weighted by atomic mass is 10.1. The number of fused-ring (bicyclic) bond motifs is 1. The third kappa shape index (κ3) is 1.96. The quantitative estimate of drug-likeness (QED) is 0.799. The van der Waals surface area contributed by atoms with E-state index < -0.39 is 0 Å². The Morgan fingerprint density at radius 1 is 1.53 bits per heavy atom. The van der Waals surface area contributed by atoms with Crippen LogP contribution < -0.4 is 10.1 Å². The van der Waals surface area contributed by atoms with Crippen LogP contribution in [-0.4, -0.2) is 13.0 Å². The van der Waals surface area contributed by atoms with E-state index in [9.17, 15) is 4.79 Å². The summed E-state index contributed by atoms with van der Waals surface area (Å²) in [5.74, 6) is 0.877. The minimum absolute atomic E-state index is 0.0238. The van der Waals surface area contributed by atoms with Gasteiger partial charge < -0.3 is 10.1 Å². The van der Waals surface area contributed by atoms with Crippen LogP contribution >= 0.6 is 0 Å². The van der Waals surface area contributed by atoms with Crippen molar-refractivity contribution in [2.75, 3.05) is 7.11 Å². The Morgan fingerprint density at radius 2 is 2.33 bits per heavy atom. The van der Waals surface area contributed by atoms with Crippen molar-refractivity contribution < 1.29 is 9.53 Å². The van der Waals surface area contributed by atoms with E-state index >= 15 is 0 Å². The van der Waals surface area contributed by atoms with Crippen molar-refractivity contribution in [3.05, 3.63) is 29.3 Å². The van der Waals surface area contributed by atoms with E-state index in [4.69, 9.17) is 4.74 Å². The molecule has 2 rings (SSSR count). The van der Waals surface area contributed by atoms with E-state index in [1.54, 1.807) is 14.0 Å². The molecule has 0 aliphatic heterocycles. The molecule has 1 aromatic carbocycles. The summed E-state index contributed by atoms with van der Waals surface area (Å²) in [4.78, 5) is 11.0. The fourth-order valence-corrected chi connectivity index (χ4v) is 2.10. The molecule has 0 saturated carbocycles. The highest BCUT2D eigenvalue weighted by atomic mass is 16.5. The average molecular weight is 205 g/mol. The Labute approximate surface area is 89.4 Å². The SMILES string of the molecule is COc1ccc2c(c1)[C@@H](NC(C)=O)CC2. The molecule has 1 aromatic rings. The molecule has 0 spiro atoms. The summed E-state index contributed by atoms with van der Waals surface area (Å²) in [6, 6.07) is 6.22. The van der Waals surface area contributed by atoms with Gasteiger partial charge in [-0.05, 0) is 36.1 Å². The molecule has 0 bridgehead atoms. The smallest absolute Gasteiger partial charge is 0.217 e. The lowest BCUT2D eigenvalue weighted by molar-refractivity contribution is -0.119. The molecule has 15 heavy (non-hydrogen) atoms. The van der Waals surface area contributed by atoms with Gasteiger partial charge in [0, 0.05) is 6.92 Å². The second-order valence-electron chi connectivity index (χ2n) is 3.86. The lowest BCUT2D eigenvalue weighted by Gasteiger charge is -2.13. The zero-order valence-corrected chi connectivity index (χ0v) is 9.04. The van der Waals surface area contributed by atoms with Crippen LogP contribution in [0.15, 0.2) is 18.2 Å². The molecule has 3 heteroatoms. The minimum atomic E-state index is 0.0238. The monoisotopic (exact) mass is 205 g/mol. The highest BCUT2D eigenvalue weighted by molar-refractivity contribution is 5.73. The number of ether oxygens (including phenoxy) is 1. The molecule has 1 N–H and O–H groups in total. The molecule has 1 aliphatic rings. The maximum absolute atomic E-state index is 11.0. The highest BCUT2D eigenvalue weighted by Gasteiger charge is 2.23. The van der Waals surface area contributed by atoms with E-state index in [0.717, 1.165) is 18.6 Å². The van der Waals surface area contributed by atoms with E-state index in [1.807, 2.05) is 12.1 Å². The number of carbonyl (C=O) groups excluding carboxylic acids is 1. The predicted molar refractivity (Wildman–Crippen MR) is 57.9 cm³/mol. The van der Waals surface area contributed by atoms with Crippen molar-refractivity contribution in [3.63, 3.8) is 0 Å². The third-order valence-corrected chi connectivity index (χ3v) is 2.81. The van der Waals surface area contributed by atoms with Crippen LogP contribution in [0.25, 0.3) is 0 Å². The van der Waals surface area contributed by atoms with Crippen molar-refractivity contribution in [1.29, 1.82) is 0 Å². The number of benzene rings is 1. The summed E-state index contributed by atoms with van der Waals surface area (Å²) >= 11 is 0. The number of aryl methyl sites for hydroxylation is 1. The molecule has 1 aliphatic carbocycles. The van der Waals surface area contributed by atoms with Gasteiger partial charge in [0.15, 0.2) is 0 Å². The summed E-state index contributed by atoms with van der Waals surface area (Å²) in [6.07, 6.45) is 2.02. The van der Waals surface area contributed by atoms with Gasteiger partial charge in [-0.15, -0.1) is 0 Å². The topological polar surface area (TPSA) is 38.3 Å². The number of methoxy groups -OCH3 is 1. The number of hydrogen-bond donors (Lipinski definition) is 1. The minimum Gasteiger partial charge on any atom is -0.497 e. The molecular weight excluding hydrogens is 190 g/mol. The number of amides is 1. The summed E-state index contributed by atoms with van der Waals surface area (Å²) in [7, 11) is 1.66. The molecule has 1 amide bonds. The zero-order chi connectivity index (χ0) is 10.8. The van der Waals surface area contributed by atoms with Gasteiger partial charge in [0.2, 0.25) is 5.91 Å². The van der Waals surface area contributed by atoms with E-state index in [-0.39, 0.29) is 11.9 Å². The standard InChI is InChI=1S/C12H15NO2/c1-8(14)13-12-6-4-9-3-5-10(15-2)7-11(9)12/h3,5,7,12H,4,6H2,1-2H3,(H,13,14)/t12-/m0/s1. The van der Waals surface area contributed by atoms with Gasteiger partial charge in [0.1, 0.15) is 5.75 Å². The van der Waals surface area contributed by atoms with Crippen LogP contribution in [0.4, 0.5) is 0 Å². The highest BCUT2D eigenvalue weighted by Crippen LogP contribution is 2.33. The van der Waals surface area contributed by atoms with Gasteiger partial charge in [-0.1, -0.05) is 6.07 Å². The van der Waals surface area contributed by atoms with Crippen molar-refractivity contribution >= 4 is 5.91 Å². The first kappa shape index (κ1) is 10.0. The third-order valence-electron chi connectivity index (χ3n) is 2.81. The van der Waals surface area contributed by atoms with Gasteiger partial charge in [0.05, 0.1) is 13.2 Å². The van der Waals surface area contributed by atoms with Gasteiger partial charge >= 0.3 is 0 Å². The fraction of sp³-hybridized carbons (Fsp3) is 0.417. The molecule has 80 valence electrons. The van der Waals surface area contributed by atoms with Crippen LogP contribution in [0, 0.1) is 0 Å². The normalized spacial score (nSPS) is 18.4. The van der Waals surface area contributed by atoms with E-state index in [2.05, 4.69) is 11.4 Å². The second-order valence-corrected chi connectivity index (χ2v) is 3.86. The molecule has 0 fully saturated rings. The van der Waals surface area contributed by atoms with Crippen LogP contribution in [-0.2, 0) is 11.2 Å². The summed E-state index contributed by atoms with van der Waals surface area (Å²) in [5, 5.41) is 2.95. The average Bonchev–Trinajstić information content (AvgIpc) is 2.60. The fourth-order valence-electron chi connectivity index (χ4n) is 2.10. The molecule has 0 radical (unpaired) electrons. The Balaban J connectivity index is 2.27. The molecule has 0 saturated heterocycles. The van der Waals surface area contributed by atoms with Gasteiger partial charge in [-0.25, -0.2) is 0 Å². The van der Waals surface area contributed by atoms with Crippen molar-refractivity contribution in [2.24, 2.45) is 0 Å². The van der Waals surface area contributed by atoms with Gasteiger partial charge in [0.25, 0.3) is 0 Å². The number of hydrogen-bond acceptors (Lipinski definition) is 2. The summed E-state index contributed by atoms with van der Waals surface area (Å²) in [6.45, 7) is 1.55. The number of rotatable bonds is 2. The van der Waals surface area contributed by atoms with E-state index in [0.29, 0.717) is 0 Å². The molecular formula is C12H15NO2. The maximum atomic E-state index is 11.0. The summed E-state index contributed by atoms with van der Waals surface area (Å²) < 4.78 is 5.18. The largest absolute Gasteiger partial charge is 0.497 e. The molecule has 1 atom stereocenters. The zero-order valence-electron chi connectivity index (χ0n) is 9.04. The Morgan fingerprint density at radius 3 is 3.00 bits per heavy atom.